The van der Waals surface area contributed by atoms with Crippen LogP contribution in [0.3, 0.4) is 0 Å². The third kappa shape index (κ3) is 5.58. The van der Waals surface area contributed by atoms with Crippen LogP contribution >= 0.6 is 0 Å². The molecular formula is C21H23F3N6O3. The molecule has 33 heavy (non-hydrogen) atoms. The van der Waals surface area contributed by atoms with Crippen molar-refractivity contribution in [1.82, 2.24) is 23.6 Å². The lowest BCUT2D eigenvalue weighted by Gasteiger charge is -2.19. The molecule has 0 aliphatic heterocycles. The highest BCUT2D eigenvalue weighted by molar-refractivity contribution is 6.01. The van der Waals surface area contributed by atoms with E-state index in [4.69, 9.17) is 5.73 Å². The zero-order valence-corrected chi connectivity index (χ0v) is 18.0. The number of nitrogens with two attached hydrogens (primary N) is 1. The maximum absolute atomic E-state index is 12.9. The summed E-state index contributed by atoms with van der Waals surface area (Å²) >= 11 is 0. The Hall–Kier alpha value is -3.67. The van der Waals surface area contributed by atoms with Crippen LogP contribution in [0.2, 0.25) is 0 Å². The van der Waals surface area contributed by atoms with E-state index >= 15 is 0 Å². The number of ketones is 1. The third-order valence-corrected chi connectivity index (χ3v) is 5.02. The van der Waals surface area contributed by atoms with Gasteiger partial charge in [-0.05, 0) is 12.6 Å². The minimum atomic E-state index is -4.42. The largest absolute Gasteiger partial charge is 0.406 e. The summed E-state index contributed by atoms with van der Waals surface area (Å²) in [5.74, 6) is -0.812. The van der Waals surface area contributed by atoms with Crippen LogP contribution in [0.5, 0.6) is 0 Å². The number of nitrogens with zero attached hydrogens (tertiary/aromatic N) is 5. The first-order chi connectivity index (χ1) is 15.5. The van der Waals surface area contributed by atoms with Gasteiger partial charge in [0.25, 0.3) is 5.56 Å². The van der Waals surface area contributed by atoms with Gasteiger partial charge in [-0.15, -0.1) is 0 Å². The van der Waals surface area contributed by atoms with Crippen LogP contribution in [-0.4, -0.2) is 49.1 Å². The van der Waals surface area contributed by atoms with Crippen LogP contribution in [0.15, 0.2) is 52.3 Å². The number of carbonyl (C=O) groups excluding carboxylic acids is 1. The fourth-order valence-electron chi connectivity index (χ4n) is 3.41. The maximum atomic E-state index is 12.9. The summed E-state index contributed by atoms with van der Waals surface area (Å²) in [5, 5.41) is 0. The van der Waals surface area contributed by atoms with E-state index in [9.17, 15) is 27.6 Å². The molecule has 2 aromatic heterocycles. The Kier molecular flexibility index (Phi) is 6.86. The number of nitrogen functional groups attached to an aromatic ring is 1. The van der Waals surface area contributed by atoms with E-state index in [0.29, 0.717) is 0 Å². The van der Waals surface area contributed by atoms with Gasteiger partial charge in [0.2, 0.25) is 0 Å². The number of hydrogen-bond acceptors (Lipinski definition) is 6. The first kappa shape index (κ1) is 24.0. The summed E-state index contributed by atoms with van der Waals surface area (Å²) in [5.41, 5.74) is 4.97. The topological polar surface area (TPSA) is 108 Å². The van der Waals surface area contributed by atoms with Gasteiger partial charge in [0.15, 0.2) is 5.78 Å². The number of benzene rings is 1. The number of alkyl halides is 3. The Morgan fingerprint density at radius 3 is 2.48 bits per heavy atom. The van der Waals surface area contributed by atoms with Crippen LogP contribution in [0.4, 0.5) is 19.0 Å². The second-order valence-corrected chi connectivity index (χ2v) is 7.66. The fraction of sp³-hybridized carbons (Fsp3) is 0.333. The second-order valence-electron chi connectivity index (χ2n) is 7.66. The maximum Gasteiger partial charge on any atom is 0.406 e. The van der Waals surface area contributed by atoms with E-state index in [1.54, 1.807) is 30.3 Å². The van der Waals surface area contributed by atoms with Gasteiger partial charge in [-0.25, -0.2) is 9.78 Å². The standard InChI is InChI=1S/C21H23F3N6O3/c1-27(12-16-26-8-9-29(16)13-21(22,23)24)11-15(31)17-18(25)30(20(33)28(2)19(17)32)10-14-6-4-3-5-7-14/h3-9H,10-13,25H2,1-2H3. The number of Topliss-reactive ketones (excluding diaryl/α,β-unsaturated/α-hetero) is 1. The van der Waals surface area contributed by atoms with Gasteiger partial charge in [-0.2, -0.15) is 13.2 Å². The van der Waals surface area contributed by atoms with E-state index < -0.39 is 29.8 Å². The normalized spacial score (nSPS) is 11.8. The number of halogens is 3. The zero-order valence-electron chi connectivity index (χ0n) is 18.0. The number of likely N-dealkylation sites (N-methyl/N-ethyl adjacent to an activating group) is 1. The molecule has 1 aromatic carbocycles. The monoisotopic (exact) mass is 464 g/mol. The number of hydrogen-bond donors (Lipinski definition) is 1. The number of aromatic nitrogens is 4. The highest BCUT2D eigenvalue weighted by atomic mass is 19.4. The molecule has 0 bridgehead atoms. The lowest BCUT2D eigenvalue weighted by Crippen LogP contribution is -2.44. The molecule has 0 aliphatic carbocycles. The van der Waals surface area contributed by atoms with Crippen molar-refractivity contribution in [3.8, 4) is 0 Å². The van der Waals surface area contributed by atoms with Crippen molar-refractivity contribution in [3.05, 3.63) is 80.5 Å². The molecule has 0 saturated heterocycles. The van der Waals surface area contributed by atoms with Crippen LogP contribution in [0.1, 0.15) is 21.7 Å². The van der Waals surface area contributed by atoms with Crippen molar-refractivity contribution in [3.63, 3.8) is 0 Å². The van der Waals surface area contributed by atoms with Crippen LogP contribution in [0, 0.1) is 0 Å². The fourth-order valence-corrected chi connectivity index (χ4v) is 3.41. The minimum Gasteiger partial charge on any atom is -0.384 e. The second kappa shape index (κ2) is 9.45. The first-order valence-electron chi connectivity index (χ1n) is 9.89. The Balaban J connectivity index is 1.85. The average Bonchev–Trinajstić information content (AvgIpc) is 3.15. The van der Waals surface area contributed by atoms with E-state index in [1.165, 1.54) is 31.4 Å². The molecule has 0 fully saturated rings. The Labute approximate surface area is 186 Å². The molecule has 0 unspecified atom stereocenters. The van der Waals surface area contributed by atoms with E-state index in [1.807, 2.05) is 0 Å². The SMILES string of the molecule is CN(CC(=O)c1c(N)n(Cc2ccccc2)c(=O)n(C)c1=O)Cc1nccn1CC(F)(F)F. The summed E-state index contributed by atoms with van der Waals surface area (Å²) in [6.07, 6.45) is -1.98. The van der Waals surface area contributed by atoms with Crippen molar-refractivity contribution < 1.29 is 18.0 Å². The van der Waals surface area contributed by atoms with Crippen molar-refractivity contribution in [2.75, 3.05) is 19.3 Å². The molecule has 0 spiro atoms. The quantitative estimate of drug-likeness (QED) is 0.503. The minimum absolute atomic E-state index is 0.0601. The predicted octanol–water partition coefficient (Wildman–Crippen LogP) is 1.25. The molecule has 0 saturated carbocycles. The lowest BCUT2D eigenvalue weighted by atomic mass is 10.1. The molecule has 0 aliphatic rings. The highest BCUT2D eigenvalue weighted by Gasteiger charge is 2.29. The molecule has 3 aromatic rings. The third-order valence-electron chi connectivity index (χ3n) is 5.02. The van der Waals surface area contributed by atoms with Gasteiger partial charge in [0.1, 0.15) is 23.8 Å². The Morgan fingerprint density at radius 1 is 1.18 bits per heavy atom. The van der Waals surface area contributed by atoms with Crippen molar-refractivity contribution in [2.45, 2.75) is 25.8 Å². The molecule has 12 heteroatoms. The molecule has 2 N–H and O–H groups in total. The molecule has 0 atom stereocenters. The Morgan fingerprint density at radius 2 is 1.85 bits per heavy atom. The molecule has 176 valence electrons. The molecular weight excluding hydrogens is 441 g/mol. The van der Waals surface area contributed by atoms with Crippen LogP contribution in [0.25, 0.3) is 0 Å². The lowest BCUT2D eigenvalue weighted by molar-refractivity contribution is -0.141. The molecule has 2 heterocycles. The van der Waals surface area contributed by atoms with E-state index in [2.05, 4.69) is 4.98 Å². The smallest absolute Gasteiger partial charge is 0.384 e. The predicted molar refractivity (Wildman–Crippen MR) is 115 cm³/mol. The number of anilines is 1. The van der Waals surface area contributed by atoms with E-state index in [0.717, 1.165) is 19.3 Å². The van der Waals surface area contributed by atoms with Crippen molar-refractivity contribution in [2.24, 2.45) is 7.05 Å². The summed E-state index contributed by atoms with van der Waals surface area (Å²) in [7, 11) is 2.76. The Bertz CT molecular complexity index is 1260. The van der Waals surface area contributed by atoms with Gasteiger partial charge >= 0.3 is 11.9 Å². The first-order valence-corrected chi connectivity index (χ1v) is 9.89. The summed E-state index contributed by atoms with van der Waals surface area (Å²) in [6, 6.07) is 8.91. The van der Waals surface area contributed by atoms with Gasteiger partial charge in [0, 0.05) is 19.4 Å². The van der Waals surface area contributed by atoms with Crippen molar-refractivity contribution >= 4 is 11.6 Å². The number of imidazole rings is 1. The summed E-state index contributed by atoms with van der Waals surface area (Å²) < 4.78 is 41.1. The van der Waals surface area contributed by atoms with Gasteiger partial charge in [0.05, 0.1) is 19.6 Å². The van der Waals surface area contributed by atoms with Gasteiger partial charge < -0.3 is 10.3 Å². The van der Waals surface area contributed by atoms with Crippen LogP contribution in [-0.2, 0) is 26.7 Å². The molecule has 3 rings (SSSR count). The summed E-state index contributed by atoms with van der Waals surface area (Å²) in [6.45, 7) is -1.53. The molecule has 0 amide bonds. The summed E-state index contributed by atoms with van der Waals surface area (Å²) in [4.78, 5) is 43.5. The average molecular weight is 464 g/mol. The molecule has 9 nitrogen and oxygen atoms in total. The number of carbonyl (C=O) groups is 1. The van der Waals surface area contributed by atoms with E-state index in [-0.39, 0.29) is 36.8 Å². The van der Waals surface area contributed by atoms with Gasteiger partial charge in [-0.1, -0.05) is 30.3 Å². The molecule has 0 radical (unpaired) electrons. The van der Waals surface area contributed by atoms with Crippen molar-refractivity contribution in [1.29, 1.82) is 0 Å². The zero-order chi connectivity index (χ0) is 24.3. The number of rotatable bonds is 8. The van der Waals surface area contributed by atoms with Crippen LogP contribution < -0.4 is 17.0 Å². The highest BCUT2D eigenvalue weighted by Crippen LogP contribution is 2.19. The van der Waals surface area contributed by atoms with Gasteiger partial charge in [-0.3, -0.25) is 23.6 Å².